The largest absolute Gasteiger partial charge is 0.302 e. The van der Waals surface area contributed by atoms with Gasteiger partial charge in [-0.2, -0.15) is 0 Å². The fraction of sp³-hybridized carbons (Fsp3) is 0.0556. The van der Waals surface area contributed by atoms with Crippen LogP contribution in [-0.4, -0.2) is 20.8 Å². The number of amides is 1. The van der Waals surface area contributed by atoms with Gasteiger partial charge in [0.05, 0.1) is 17.8 Å². The first-order valence-corrected chi connectivity index (χ1v) is 7.52. The molecule has 0 saturated heterocycles. The van der Waals surface area contributed by atoms with Crippen LogP contribution in [0.2, 0.25) is 5.15 Å². The standard InChI is InChI=1S/C18H12ClN3O/c1-11-14-4-2-3-5-15(14)18(23)22(11)10-13-8-16-12(9-20-13)6-7-17(19)21-16/h2-9H,1,10H2. The van der Waals surface area contributed by atoms with Crippen molar-refractivity contribution in [3.05, 3.63) is 77.2 Å². The van der Waals surface area contributed by atoms with E-state index in [0.29, 0.717) is 23.0 Å². The third-order valence-electron chi connectivity index (χ3n) is 3.96. The van der Waals surface area contributed by atoms with Crippen molar-refractivity contribution in [2.75, 3.05) is 0 Å². The SMILES string of the molecule is C=C1c2ccccc2C(=O)N1Cc1cc2nc(Cl)ccc2cn1. The minimum atomic E-state index is -0.0495. The highest BCUT2D eigenvalue weighted by Crippen LogP contribution is 2.32. The van der Waals surface area contributed by atoms with Gasteiger partial charge in [0.1, 0.15) is 5.15 Å². The lowest BCUT2D eigenvalue weighted by Crippen LogP contribution is -2.22. The maximum Gasteiger partial charge on any atom is 0.259 e. The molecule has 0 N–H and O–H groups in total. The zero-order chi connectivity index (χ0) is 16.0. The molecule has 0 bridgehead atoms. The van der Waals surface area contributed by atoms with Gasteiger partial charge in [-0.1, -0.05) is 36.4 Å². The van der Waals surface area contributed by atoms with Crippen LogP contribution >= 0.6 is 11.6 Å². The second-order valence-corrected chi connectivity index (χ2v) is 5.77. The van der Waals surface area contributed by atoms with Gasteiger partial charge in [0.2, 0.25) is 0 Å². The van der Waals surface area contributed by atoms with Crippen molar-refractivity contribution >= 4 is 34.1 Å². The van der Waals surface area contributed by atoms with Crippen molar-refractivity contribution < 1.29 is 4.79 Å². The lowest BCUT2D eigenvalue weighted by molar-refractivity contribution is 0.0842. The summed E-state index contributed by atoms with van der Waals surface area (Å²) in [5.74, 6) is -0.0495. The fourth-order valence-corrected chi connectivity index (χ4v) is 2.94. The smallest absolute Gasteiger partial charge is 0.259 e. The summed E-state index contributed by atoms with van der Waals surface area (Å²) in [5.41, 5.74) is 3.76. The number of aromatic nitrogens is 2. The van der Waals surface area contributed by atoms with Gasteiger partial charge >= 0.3 is 0 Å². The summed E-state index contributed by atoms with van der Waals surface area (Å²) in [6.45, 7) is 4.40. The Balaban J connectivity index is 1.69. The molecule has 0 fully saturated rings. The molecule has 3 heterocycles. The number of hydrogen-bond acceptors (Lipinski definition) is 3. The summed E-state index contributed by atoms with van der Waals surface area (Å²) < 4.78 is 0. The van der Waals surface area contributed by atoms with Crippen LogP contribution in [0.15, 0.2) is 55.2 Å². The lowest BCUT2D eigenvalue weighted by Gasteiger charge is -2.17. The number of nitrogens with zero attached hydrogens (tertiary/aromatic N) is 3. The summed E-state index contributed by atoms with van der Waals surface area (Å²) in [5, 5.41) is 1.34. The van der Waals surface area contributed by atoms with E-state index in [1.165, 1.54) is 0 Å². The van der Waals surface area contributed by atoms with Crippen LogP contribution in [0.5, 0.6) is 0 Å². The molecule has 1 aliphatic heterocycles. The Morgan fingerprint density at radius 2 is 1.91 bits per heavy atom. The minimum absolute atomic E-state index is 0.0495. The number of benzene rings is 1. The second kappa shape index (κ2) is 5.18. The maximum atomic E-state index is 12.5. The van der Waals surface area contributed by atoms with E-state index in [0.717, 1.165) is 22.2 Å². The number of fused-ring (bicyclic) bond motifs is 2. The molecule has 23 heavy (non-hydrogen) atoms. The first-order chi connectivity index (χ1) is 11.1. The highest BCUT2D eigenvalue weighted by molar-refractivity contribution is 6.29. The Kier molecular flexibility index (Phi) is 3.13. The van der Waals surface area contributed by atoms with E-state index in [1.54, 1.807) is 17.2 Å². The Morgan fingerprint density at radius 3 is 2.70 bits per heavy atom. The number of rotatable bonds is 2. The van der Waals surface area contributed by atoms with Crippen molar-refractivity contribution in [2.45, 2.75) is 6.54 Å². The van der Waals surface area contributed by atoms with Crippen LogP contribution in [0.1, 0.15) is 21.6 Å². The molecule has 0 radical (unpaired) electrons. The minimum Gasteiger partial charge on any atom is -0.302 e. The van der Waals surface area contributed by atoms with Gasteiger partial charge in [-0.15, -0.1) is 0 Å². The van der Waals surface area contributed by atoms with E-state index >= 15 is 0 Å². The quantitative estimate of drug-likeness (QED) is 0.672. The monoisotopic (exact) mass is 321 g/mol. The van der Waals surface area contributed by atoms with Crippen LogP contribution in [0.25, 0.3) is 16.6 Å². The normalized spacial score (nSPS) is 13.7. The van der Waals surface area contributed by atoms with E-state index in [1.807, 2.05) is 36.4 Å². The van der Waals surface area contributed by atoms with Gasteiger partial charge in [-0.25, -0.2) is 4.98 Å². The summed E-state index contributed by atoms with van der Waals surface area (Å²) in [4.78, 5) is 22.9. The van der Waals surface area contributed by atoms with Crippen LogP contribution in [0.3, 0.4) is 0 Å². The summed E-state index contributed by atoms with van der Waals surface area (Å²) in [7, 11) is 0. The predicted molar refractivity (Wildman–Crippen MR) is 89.9 cm³/mol. The molecule has 112 valence electrons. The lowest BCUT2D eigenvalue weighted by atomic mass is 10.1. The molecule has 1 aliphatic rings. The van der Waals surface area contributed by atoms with Gasteiger partial charge in [0.25, 0.3) is 5.91 Å². The van der Waals surface area contributed by atoms with E-state index in [4.69, 9.17) is 11.6 Å². The summed E-state index contributed by atoms with van der Waals surface area (Å²) in [6.07, 6.45) is 1.74. The molecule has 2 aromatic heterocycles. The number of carbonyl (C=O) groups excluding carboxylic acids is 1. The molecule has 0 atom stereocenters. The molecule has 0 aliphatic carbocycles. The van der Waals surface area contributed by atoms with Crippen LogP contribution in [0, 0.1) is 0 Å². The Hall–Kier alpha value is -2.72. The topological polar surface area (TPSA) is 46.1 Å². The van der Waals surface area contributed by atoms with Gasteiger partial charge in [-0.3, -0.25) is 9.78 Å². The molecule has 4 nitrogen and oxygen atoms in total. The van der Waals surface area contributed by atoms with E-state index < -0.39 is 0 Å². The van der Waals surface area contributed by atoms with Crippen molar-refractivity contribution in [3.63, 3.8) is 0 Å². The first-order valence-electron chi connectivity index (χ1n) is 7.15. The van der Waals surface area contributed by atoms with Gasteiger partial charge < -0.3 is 4.90 Å². The molecule has 0 saturated carbocycles. The molecule has 1 aromatic carbocycles. The van der Waals surface area contributed by atoms with Crippen LogP contribution in [-0.2, 0) is 6.54 Å². The Labute approximate surface area is 138 Å². The van der Waals surface area contributed by atoms with Gasteiger partial charge in [-0.05, 0) is 24.3 Å². The predicted octanol–water partition coefficient (Wildman–Crippen LogP) is 3.91. The molecule has 3 aromatic rings. The van der Waals surface area contributed by atoms with E-state index in [-0.39, 0.29) is 5.91 Å². The average molecular weight is 322 g/mol. The molecule has 0 unspecified atom stereocenters. The third-order valence-corrected chi connectivity index (χ3v) is 4.17. The molecule has 4 rings (SSSR count). The number of hydrogen-bond donors (Lipinski definition) is 0. The van der Waals surface area contributed by atoms with Crippen molar-refractivity contribution in [1.29, 1.82) is 0 Å². The van der Waals surface area contributed by atoms with Crippen molar-refractivity contribution in [1.82, 2.24) is 14.9 Å². The summed E-state index contributed by atoms with van der Waals surface area (Å²) in [6, 6.07) is 12.9. The van der Waals surface area contributed by atoms with Crippen molar-refractivity contribution in [3.8, 4) is 0 Å². The number of carbonyl (C=O) groups is 1. The second-order valence-electron chi connectivity index (χ2n) is 5.39. The third kappa shape index (κ3) is 2.28. The number of pyridine rings is 2. The Bertz CT molecular complexity index is 932. The summed E-state index contributed by atoms with van der Waals surface area (Å²) >= 11 is 5.94. The number of halogens is 1. The van der Waals surface area contributed by atoms with Crippen LogP contribution in [0.4, 0.5) is 0 Å². The average Bonchev–Trinajstić information content (AvgIpc) is 2.80. The molecular weight excluding hydrogens is 310 g/mol. The zero-order valence-corrected chi connectivity index (χ0v) is 12.9. The van der Waals surface area contributed by atoms with E-state index in [9.17, 15) is 4.79 Å². The van der Waals surface area contributed by atoms with Gasteiger partial charge in [0, 0.05) is 28.4 Å². The molecule has 1 amide bonds. The molecular formula is C18H12ClN3O. The molecule has 5 heteroatoms. The fourth-order valence-electron chi connectivity index (χ4n) is 2.78. The zero-order valence-electron chi connectivity index (χ0n) is 12.2. The maximum absolute atomic E-state index is 12.5. The first kappa shape index (κ1) is 13.9. The Morgan fingerprint density at radius 1 is 1.13 bits per heavy atom. The highest BCUT2D eigenvalue weighted by atomic mass is 35.5. The van der Waals surface area contributed by atoms with Gasteiger partial charge in [0.15, 0.2) is 0 Å². The highest BCUT2D eigenvalue weighted by Gasteiger charge is 2.30. The molecule has 0 spiro atoms. The van der Waals surface area contributed by atoms with Crippen molar-refractivity contribution in [2.24, 2.45) is 0 Å². The van der Waals surface area contributed by atoms with E-state index in [2.05, 4.69) is 16.5 Å². The van der Waals surface area contributed by atoms with Crippen LogP contribution < -0.4 is 0 Å².